The number of rotatable bonds is 8. The average molecular weight is 442 g/mol. The second-order valence-electron chi connectivity index (χ2n) is 6.98. The Hall–Kier alpha value is -3.40. The van der Waals surface area contributed by atoms with E-state index in [-0.39, 0.29) is 34.4 Å². The monoisotopic (exact) mass is 441 g/mol. The molecule has 0 aliphatic heterocycles. The Kier molecular flexibility index (Phi) is 6.91. The number of nitrogens with one attached hydrogen (secondary N) is 1. The van der Waals surface area contributed by atoms with Crippen LogP contribution in [-0.2, 0) is 20.0 Å². The van der Waals surface area contributed by atoms with Gasteiger partial charge in [-0.2, -0.15) is 0 Å². The van der Waals surface area contributed by atoms with Gasteiger partial charge in [-0.15, -0.1) is 0 Å². The maximum absolute atomic E-state index is 12.9. The predicted molar refractivity (Wildman–Crippen MR) is 120 cm³/mol. The van der Waals surface area contributed by atoms with Gasteiger partial charge in [-0.25, -0.2) is 9.78 Å². The summed E-state index contributed by atoms with van der Waals surface area (Å²) >= 11 is 1.01. The van der Waals surface area contributed by atoms with Gasteiger partial charge >= 0.3 is 5.69 Å². The smallest absolute Gasteiger partial charge is 0.332 e. The molecular weight excluding hydrogens is 418 g/mol. The van der Waals surface area contributed by atoms with Crippen molar-refractivity contribution in [1.29, 1.82) is 0 Å². The Morgan fingerprint density at radius 3 is 2.58 bits per heavy atom. The summed E-state index contributed by atoms with van der Waals surface area (Å²) in [5.41, 5.74) is 5.63. The number of benzene rings is 1. The number of anilines is 1. The van der Waals surface area contributed by atoms with E-state index in [0.717, 1.165) is 28.3 Å². The molecule has 3 N–H and O–H groups in total. The number of nitrogens with zero attached hydrogens (tertiary/aromatic N) is 3. The number of Topliss-reactive ketones (excluding diaryl/α,β-unsaturated/α-hetero) is 1. The van der Waals surface area contributed by atoms with Crippen LogP contribution >= 0.6 is 11.8 Å². The highest BCUT2D eigenvalue weighted by Crippen LogP contribution is 2.16. The fourth-order valence-corrected chi connectivity index (χ4v) is 3.87. The van der Waals surface area contributed by atoms with E-state index in [1.807, 2.05) is 37.3 Å². The number of hydrogen-bond donors (Lipinski definition) is 2. The lowest BCUT2D eigenvalue weighted by atomic mass is 10.2. The van der Waals surface area contributed by atoms with Crippen molar-refractivity contribution in [3.63, 3.8) is 0 Å². The molecule has 0 fully saturated rings. The van der Waals surface area contributed by atoms with Crippen LogP contribution in [0.25, 0.3) is 0 Å². The van der Waals surface area contributed by atoms with Gasteiger partial charge in [-0.05, 0) is 12.0 Å². The van der Waals surface area contributed by atoms with Gasteiger partial charge in [0.15, 0.2) is 10.9 Å². The van der Waals surface area contributed by atoms with Crippen molar-refractivity contribution in [2.24, 2.45) is 7.05 Å². The number of carbonyl (C=O) groups is 1. The largest absolute Gasteiger partial charge is 0.384 e. The number of hydrogen-bond acceptors (Lipinski definition) is 7. The number of aryl methyl sites for hydroxylation is 1. The molecule has 2 heterocycles. The third-order valence-electron chi connectivity index (χ3n) is 4.66. The van der Waals surface area contributed by atoms with E-state index in [9.17, 15) is 19.2 Å². The van der Waals surface area contributed by atoms with Gasteiger partial charge in [-0.3, -0.25) is 23.5 Å². The molecule has 1 aromatic carbocycles. The average Bonchev–Trinajstić information content (AvgIpc) is 2.74. The van der Waals surface area contributed by atoms with Gasteiger partial charge in [0.05, 0.1) is 12.3 Å². The zero-order valence-corrected chi connectivity index (χ0v) is 18.1. The lowest BCUT2D eigenvalue weighted by Gasteiger charge is -2.14. The molecule has 3 aromatic rings. The van der Waals surface area contributed by atoms with Gasteiger partial charge in [0.2, 0.25) is 0 Å². The molecule has 0 saturated heterocycles. The number of carbonyl (C=O) groups excluding carboxylic acids is 1. The van der Waals surface area contributed by atoms with Crippen LogP contribution in [0.3, 0.4) is 0 Å². The second kappa shape index (κ2) is 9.61. The third kappa shape index (κ3) is 5.02. The summed E-state index contributed by atoms with van der Waals surface area (Å²) in [5, 5.41) is 0.289. The van der Waals surface area contributed by atoms with Crippen LogP contribution in [0, 0.1) is 0 Å². The fraction of sp³-hybridized carbons (Fsp3) is 0.286. The summed E-state index contributed by atoms with van der Waals surface area (Å²) in [7, 11) is 1.31. The topological polar surface area (TPSA) is 133 Å². The van der Waals surface area contributed by atoms with E-state index in [0.29, 0.717) is 12.1 Å². The van der Waals surface area contributed by atoms with Crippen molar-refractivity contribution in [2.45, 2.75) is 31.5 Å². The SMILES string of the molecule is CCCc1cc(=O)[nH]c(SCC(=O)c2c(N)n(Cc3ccccc3)c(=O)n(C)c2=O)n1. The van der Waals surface area contributed by atoms with Crippen LogP contribution < -0.4 is 22.5 Å². The maximum Gasteiger partial charge on any atom is 0.332 e. The van der Waals surface area contributed by atoms with Crippen molar-refractivity contribution in [2.75, 3.05) is 11.5 Å². The van der Waals surface area contributed by atoms with E-state index in [4.69, 9.17) is 5.73 Å². The Labute approximate surface area is 182 Å². The Morgan fingerprint density at radius 2 is 1.90 bits per heavy atom. The molecule has 0 bridgehead atoms. The van der Waals surface area contributed by atoms with Crippen LogP contribution in [-0.4, -0.2) is 30.6 Å². The highest BCUT2D eigenvalue weighted by molar-refractivity contribution is 7.99. The Morgan fingerprint density at radius 1 is 1.19 bits per heavy atom. The third-order valence-corrected chi connectivity index (χ3v) is 5.54. The first kappa shape index (κ1) is 22.3. The lowest BCUT2D eigenvalue weighted by Crippen LogP contribution is -2.43. The van der Waals surface area contributed by atoms with Crippen molar-refractivity contribution in [1.82, 2.24) is 19.1 Å². The summed E-state index contributed by atoms with van der Waals surface area (Å²) in [6.45, 7) is 2.10. The number of nitrogen functional groups attached to an aromatic ring is 1. The second-order valence-corrected chi connectivity index (χ2v) is 7.95. The number of aromatic amines is 1. The van der Waals surface area contributed by atoms with Crippen LogP contribution in [0.1, 0.15) is 35.0 Å². The van der Waals surface area contributed by atoms with E-state index in [2.05, 4.69) is 9.97 Å². The first-order chi connectivity index (χ1) is 14.8. The molecule has 0 unspecified atom stereocenters. The molecule has 0 saturated carbocycles. The van der Waals surface area contributed by atoms with Crippen LogP contribution in [0.15, 0.2) is 55.9 Å². The summed E-state index contributed by atoms with van der Waals surface area (Å²) in [4.78, 5) is 56.8. The van der Waals surface area contributed by atoms with Crippen LogP contribution in [0.4, 0.5) is 5.82 Å². The number of nitrogens with two attached hydrogens (primary N) is 1. The molecule has 10 heteroatoms. The van der Waals surface area contributed by atoms with E-state index < -0.39 is 17.0 Å². The van der Waals surface area contributed by atoms with Crippen molar-refractivity contribution in [3.8, 4) is 0 Å². The number of ketones is 1. The molecule has 0 amide bonds. The molecule has 2 aromatic heterocycles. The molecule has 0 aliphatic rings. The zero-order chi connectivity index (χ0) is 22.5. The van der Waals surface area contributed by atoms with Crippen LogP contribution in [0.5, 0.6) is 0 Å². The standard InChI is InChI=1S/C21H23N5O4S/c1-3-7-14-10-16(28)24-20(23-14)31-12-15(27)17-18(22)26(21(30)25(2)19(17)29)11-13-8-5-4-6-9-13/h4-6,8-10H,3,7,11-12,22H2,1-2H3,(H,23,24,28). The van der Waals surface area contributed by atoms with Gasteiger partial charge < -0.3 is 10.7 Å². The Bertz CT molecular complexity index is 1280. The van der Waals surface area contributed by atoms with Gasteiger partial charge in [-0.1, -0.05) is 55.4 Å². The predicted octanol–water partition coefficient (Wildman–Crippen LogP) is 1.19. The molecule has 0 atom stereocenters. The summed E-state index contributed by atoms with van der Waals surface area (Å²) in [5.74, 6) is -0.890. The normalized spacial score (nSPS) is 10.9. The Balaban J connectivity index is 1.91. The molecule has 0 aliphatic carbocycles. The molecule has 31 heavy (non-hydrogen) atoms. The summed E-state index contributed by atoms with van der Waals surface area (Å²) in [6, 6.07) is 10.5. The maximum atomic E-state index is 12.9. The van der Waals surface area contributed by atoms with Gasteiger partial charge in [0, 0.05) is 18.8 Å². The molecule has 3 rings (SSSR count). The first-order valence-electron chi connectivity index (χ1n) is 9.71. The summed E-state index contributed by atoms with van der Waals surface area (Å²) < 4.78 is 2.08. The van der Waals surface area contributed by atoms with E-state index >= 15 is 0 Å². The van der Waals surface area contributed by atoms with Gasteiger partial charge in [0.1, 0.15) is 11.4 Å². The zero-order valence-electron chi connectivity index (χ0n) is 17.3. The minimum atomic E-state index is -0.751. The summed E-state index contributed by atoms with van der Waals surface area (Å²) in [6.07, 6.45) is 1.47. The minimum absolute atomic E-state index is 0.126. The highest BCUT2D eigenvalue weighted by atomic mass is 32.2. The molecule has 9 nitrogen and oxygen atoms in total. The van der Waals surface area contributed by atoms with Crippen LogP contribution in [0.2, 0.25) is 0 Å². The number of thioether (sulfide) groups is 1. The van der Waals surface area contributed by atoms with Crippen molar-refractivity contribution < 1.29 is 4.79 Å². The number of H-pyrrole nitrogens is 1. The molecule has 162 valence electrons. The minimum Gasteiger partial charge on any atom is -0.384 e. The molecule has 0 spiro atoms. The van der Waals surface area contributed by atoms with Crippen molar-refractivity contribution >= 4 is 23.4 Å². The van der Waals surface area contributed by atoms with Crippen molar-refractivity contribution in [3.05, 3.63) is 84.4 Å². The highest BCUT2D eigenvalue weighted by Gasteiger charge is 2.22. The fourth-order valence-electron chi connectivity index (χ4n) is 3.11. The molecule has 0 radical (unpaired) electrons. The quantitative estimate of drug-likeness (QED) is 0.305. The first-order valence-corrected chi connectivity index (χ1v) is 10.7. The lowest BCUT2D eigenvalue weighted by molar-refractivity contribution is 0.102. The van der Waals surface area contributed by atoms with Gasteiger partial charge in [0.25, 0.3) is 11.1 Å². The molecular formula is C21H23N5O4S. The van der Waals surface area contributed by atoms with E-state index in [1.165, 1.54) is 17.7 Å². The number of aromatic nitrogens is 4. The van der Waals surface area contributed by atoms with E-state index in [1.54, 1.807) is 0 Å².